The van der Waals surface area contributed by atoms with Crippen LogP contribution in [0.3, 0.4) is 0 Å². The van der Waals surface area contributed by atoms with Crippen molar-refractivity contribution in [1.29, 1.82) is 0 Å². The molecule has 1 aromatic heterocycles. The van der Waals surface area contributed by atoms with E-state index < -0.39 is 5.97 Å². The predicted molar refractivity (Wildman–Crippen MR) is 103 cm³/mol. The van der Waals surface area contributed by atoms with Gasteiger partial charge in [-0.2, -0.15) is 0 Å². The van der Waals surface area contributed by atoms with Gasteiger partial charge in [0.05, 0.1) is 11.4 Å². The molecular weight excluding hydrogens is 324 g/mol. The average Bonchev–Trinajstić information content (AvgIpc) is 2.97. The van der Waals surface area contributed by atoms with Crippen LogP contribution in [0.15, 0.2) is 72.8 Å². The van der Waals surface area contributed by atoms with Crippen LogP contribution in [0.4, 0.5) is 0 Å². The maximum Gasteiger partial charge on any atom is 0.333 e. The van der Waals surface area contributed by atoms with Crippen molar-refractivity contribution in [3.8, 4) is 11.3 Å². The molecule has 26 heavy (non-hydrogen) atoms. The molecule has 0 radical (unpaired) electrons. The number of hydrogen-bond acceptors (Lipinski definition) is 3. The van der Waals surface area contributed by atoms with Gasteiger partial charge >= 0.3 is 5.97 Å². The van der Waals surface area contributed by atoms with E-state index in [4.69, 9.17) is 9.72 Å². The first-order valence-electron chi connectivity index (χ1n) is 8.54. The van der Waals surface area contributed by atoms with Crippen LogP contribution < -0.4 is 0 Å². The van der Waals surface area contributed by atoms with Gasteiger partial charge in [0.25, 0.3) is 0 Å². The highest BCUT2D eigenvalue weighted by Crippen LogP contribution is 2.26. The van der Waals surface area contributed by atoms with Gasteiger partial charge in [0.2, 0.25) is 0 Å². The predicted octanol–water partition coefficient (Wildman–Crippen LogP) is 4.53. The molecule has 0 saturated heterocycles. The van der Waals surface area contributed by atoms with Gasteiger partial charge in [-0.15, -0.1) is 0 Å². The zero-order chi connectivity index (χ0) is 18.5. The summed E-state index contributed by atoms with van der Waals surface area (Å²) in [7, 11) is 0. The molecule has 0 unspecified atom stereocenters. The molecule has 0 N–H and O–H groups in total. The molecule has 0 aliphatic rings. The summed E-state index contributed by atoms with van der Waals surface area (Å²) in [5.74, 6) is 0.489. The van der Waals surface area contributed by atoms with Gasteiger partial charge in [0.15, 0.2) is 0 Å². The number of carbonyl (C=O) groups is 1. The lowest BCUT2D eigenvalue weighted by Gasteiger charge is -2.12. The fourth-order valence-electron chi connectivity index (χ4n) is 2.82. The highest BCUT2D eigenvalue weighted by molar-refractivity contribution is 5.87. The molecule has 4 heteroatoms. The van der Waals surface area contributed by atoms with Crippen LogP contribution in [0.25, 0.3) is 11.3 Å². The molecule has 3 rings (SSSR count). The standard InChI is InChI=1S/C22H22N2O2/c1-16(2)22(25)26-15-20-21(19-12-8-5-9-13-19)23-17(3)24(20)14-18-10-6-4-7-11-18/h4-13H,1,14-15H2,2-3H3. The van der Waals surface area contributed by atoms with E-state index in [-0.39, 0.29) is 6.61 Å². The normalized spacial score (nSPS) is 10.5. The van der Waals surface area contributed by atoms with Gasteiger partial charge in [-0.3, -0.25) is 0 Å². The van der Waals surface area contributed by atoms with E-state index >= 15 is 0 Å². The highest BCUT2D eigenvalue weighted by atomic mass is 16.5. The number of rotatable bonds is 6. The molecule has 0 spiro atoms. The summed E-state index contributed by atoms with van der Waals surface area (Å²) in [4.78, 5) is 16.6. The van der Waals surface area contributed by atoms with Crippen LogP contribution in [0.5, 0.6) is 0 Å². The van der Waals surface area contributed by atoms with Crippen LogP contribution in [0, 0.1) is 6.92 Å². The van der Waals surface area contributed by atoms with Crippen LogP contribution in [-0.4, -0.2) is 15.5 Å². The second-order valence-electron chi connectivity index (χ2n) is 6.25. The van der Waals surface area contributed by atoms with Crippen LogP contribution in [-0.2, 0) is 22.7 Å². The third-order valence-electron chi connectivity index (χ3n) is 4.18. The minimum Gasteiger partial charge on any atom is -0.456 e. The van der Waals surface area contributed by atoms with Gasteiger partial charge in [0.1, 0.15) is 12.4 Å². The van der Waals surface area contributed by atoms with E-state index in [1.165, 1.54) is 5.56 Å². The number of ether oxygens (including phenoxy) is 1. The van der Waals surface area contributed by atoms with E-state index in [9.17, 15) is 4.79 Å². The maximum absolute atomic E-state index is 11.9. The Hall–Kier alpha value is -3.14. The largest absolute Gasteiger partial charge is 0.456 e. The third kappa shape index (κ3) is 3.91. The molecule has 0 bridgehead atoms. The molecule has 0 aliphatic carbocycles. The molecular formula is C22H22N2O2. The Labute approximate surface area is 153 Å². The number of nitrogens with zero attached hydrogens (tertiary/aromatic N) is 2. The van der Waals surface area contributed by atoms with Gasteiger partial charge in [-0.1, -0.05) is 67.2 Å². The molecule has 0 saturated carbocycles. The maximum atomic E-state index is 11.9. The molecule has 1 heterocycles. The van der Waals surface area contributed by atoms with E-state index in [0.717, 1.165) is 22.8 Å². The number of hydrogen-bond donors (Lipinski definition) is 0. The summed E-state index contributed by atoms with van der Waals surface area (Å²) >= 11 is 0. The number of aromatic nitrogens is 2. The second-order valence-corrected chi connectivity index (χ2v) is 6.25. The summed E-state index contributed by atoms with van der Waals surface area (Å²) in [6.07, 6.45) is 0. The van der Waals surface area contributed by atoms with E-state index in [1.807, 2.05) is 55.5 Å². The second kappa shape index (κ2) is 7.83. The van der Waals surface area contributed by atoms with Gasteiger partial charge in [0, 0.05) is 17.7 Å². The Bertz CT molecular complexity index is 912. The Morgan fingerprint density at radius 2 is 1.69 bits per heavy atom. The molecule has 0 fully saturated rings. The van der Waals surface area contributed by atoms with Gasteiger partial charge in [-0.05, 0) is 19.4 Å². The first kappa shape index (κ1) is 17.7. The van der Waals surface area contributed by atoms with Crippen molar-refractivity contribution in [3.63, 3.8) is 0 Å². The minimum atomic E-state index is -0.394. The lowest BCUT2D eigenvalue weighted by atomic mass is 10.1. The molecule has 132 valence electrons. The van der Waals surface area contributed by atoms with Crippen molar-refractivity contribution in [2.24, 2.45) is 0 Å². The number of aryl methyl sites for hydroxylation is 1. The summed E-state index contributed by atoms with van der Waals surface area (Å²) in [5, 5.41) is 0. The van der Waals surface area contributed by atoms with Crippen molar-refractivity contribution in [2.75, 3.05) is 0 Å². The van der Waals surface area contributed by atoms with E-state index in [0.29, 0.717) is 12.1 Å². The topological polar surface area (TPSA) is 44.1 Å². The van der Waals surface area contributed by atoms with Gasteiger partial charge in [-0.25, -0.2) is 9.78 Å². The van der Waals surface area contributed by atoms with E-state index in [2.05, 4.69) is 23.3 Å². The monoisotopic (exact) mass is 346 g/mol. The fourth-order valence-corrected chi connectivity index (χ4v) is 2.82. The Morgan fingerprint density at radius 3 is 2.31 bits per heavy atom. The first-order valence-corrected chi connectivity index (χ1v) is 8.54. The van der Waals surface area contributed by atoms with Crippen molar-refractivity contribution in [1.82, 2.24) is 9.55 Å². The zero-order valence-electron chi connectivity index (χ0n) is 15.1. The number of benzene rings is 2. The summed E-state index contributed by atoms with van der Waals surface area (Å²) < 4.78 is 7.54. The number of esters is 1. The molecule has 2 aromatic carbocycles. The van der Waals surface area contributed by atoms with Crippen molar-refractivity contribution >= 4 is 5.97 Å². The average molecular weight is 346 g/mol. The molecule has 0 atom stereocenters. The summed E-state index contributed by atoms with van der Waals surface area (Å²) in [6.45, 7) is 8.09. The molecule has 0 aliphatic heterocycles. The minimum absolute atomic E-state index is 0.156. The molecule has 3 aromatic rings. The molecule has 4 nitrogen and oxygen atoms in total. The number of carbonyl (C=O) groups excluding carboxylic acids is 1. The lowest BCUT2D eigenvalue weighted by molar-refractivity contribution is -0.140. The van der Waals surface area contributed by atoms with Crippen LogP contribution >= 0.6 is 0 Å². The lowest BCUT2D eigenvalue weighted by Crippen LogP contribution is -2.11. The summed E-state index contributed by atoms with van der Waals surface area (Å²) in [6, 6.07) is 20.1. The Kier molecular flexibility index (Phi) is 5.32. The third-order valence-corrected chi connectivity index (χ3v) is 4.18. The first-order chi connectivity index (χ1) is 12.6. The Balaban J connectivity index is 2.00. The van der Waals surface area contributed by atoms with Crippen molar-refractivity contribution in [3.05, 3.63) is 89.9 Å². The van der Waals surface area contributed by atoms with Gasteiger partial charge < -0.3 is 9.30 Å². The fraction of sp³-hybridized carbons (Fsp3) is 0.182. The van der Waals surface area contributed by atoms with Crippen molar-refractivity contribution in [2.45, 2.75) is 27.0 Å². The molecule has 0 amide bonds. The zero-order valence-corrected chi connectivity index (χ0v) is 15.1. The SMILES string of the molecule is C=C(C)C(=O)OCc1c(-c2ccccc2)nc(C)n1Cc1ccccc1. The highest BCUT2D eigenvalue weighted by Gasteiger charge is 2.18. The van der Waals surface area contributed by atoms with Crippen LogP contribution in [0.1, 0.15) is 24.0 Å². The van der Waals surface area contributed by atoms with Crippen LogP contribution in [0.2, 0.25) is 0 Å². The number of imidazole rings is 1. The smallest absolute Gasteiger partial charge is 0.333 e. The quantitative estimate of drug-likeness (QED) is 0.487. The van der Waals surface area contributed by atoms with E-state index in [1.54, 1.807) is 6.92 Å². The van der Waals surface area contributed by atoms with Crippen molar-refractivity contribution < 1.29 is 9.53 Å². The Morgan fingerprint density at radius 1 is 1.08 bits per heavy atom. The summed E-state index contributed by atoms with van der Waals surface area (Å²) in [5.41, 5.74) is 4.28.